The van der Waals surface area contributed by atoms with E-state index in [1.165, 1.54) is 22.1 Å². The highest BCUT2D eigenvalue weighted by Gasteiger charge is 2.27. The van der Waals surface area contributed by atoms with E-state index in [9.17, 15) is 18.0 Å². The van der Waals surface area contributed by atoms with E-state index in [1.807, 2.05) is 0 Å². The zero-order valence-corrected chi connectivity index (χ0v) is 18.4. The van der Waals surface area contributed by atoms with Gasteiger partial charge in [-0.05, 0) is 38.1 Å². The number of benzene rings is 1. The second kappa shape index (κ2) is 9.56. The standard InChI is InChI=1S/C21H21ClF3N5O2/c1-4-29(13(2)12-32-19-17(23)9-14(11-26-19)21(3,24)25)20(31)16-6-5-15(22)10-18(16)30-27-7-8-28-30/h5-11,13H,4,12H2,1-3H3/t13-/m0/s1. The Balaban J connectivity index is 1.77. The summed E-state index contributed by atoms with van der Waals surface area (Å²) < 4.78 is 46.2. The van der Waals surface area contributed by atoms with E-state index in [0.29, 0.717) is 35.8 Å². The van der Waals surface area contributed by atoms with Gasteiger partial charge in [-0.3, -0.25) is 4.79 Å². The van der Waals surface area contributed by atoms with Crippen molar-refractivity contribution in [2.24, 2.45) is 0 Å². The quantitative estimate of drug-likeness (QED) is 0.488. The summed E-state index contributed by atoms with van der Waals surface area (Å²) in [5.41, 5.74) is 0.171. The van der Waals surface area contributed by atoms with Gasteiger partial charge in [0, 0.05) is 30.3 Å². The van der Waals surface area contributed by atoms with Gasteiger partial charge in [-0.1, -0.05) is 11.6 Å². The molecule has 1 aromatic carbocycles. The molecule has 2 aromatic heterocycles. The minimum atomic E-state index is -3.22. The molecule has 1 amide bonds. The van der Waals surface area contributed by atoms with Gasteiger partial charge in [0.2, 0.25) is 5.88 Å². The third kappa shape index (κ3) is 5.18. The Morgan fingerprint density at radius 3 is 2.56 bits per heavy atom. The first kappa shape index (κ1) is 23.5. The monoisotopic (exact) mass is 467 g/mol. The van der Waals surface area contributed by atoms with E-state index in [4.69, 9.17) is 16.3 Å². The molecule has 0 spiro atoms. The topological polar surface area (TPSA) is 73.1 Å². The molecule has 3 rings (SSSR count). The molecule has 2 heterocycles. The van der Waals surface area contributed by atoms with E-state index in [-0.39, 0.29) is 12.5 Å². The first-order valence-corrected chi connectivity index (χ1v) is 10.1. The number of hydrogen-bond acceptors (Lipinski definition) is 5. The number of rotatable bonds is 8. The molecule has 0 N–H and O–H groups in total. The smallest absolute Gasteiger partial charge is 0.272 e. The average Bonchev–Trinajstić information content (AvgIpc) is 3.27. The molecule has 0 radical (unpaired) electrons. The lowest BCUT2D eigenvalue weighted by Crippen LogP contribution is -2.42. The molecule has 0 saturated heterocycles. The fourth-order valence-electron chi connectivity index (χ4n) is 3.06. The van der Waals surface area contributed by atoms with Crippen molar-refractivity contribution in [2.75, 3.05) is 13.2 Å². The van der Waals surface area contributed by atoms with Gasteiger partial charge in [0.25, 0.3) is 11.8 Å². The average molecular weight is 468 g/mol. The molecule has 1 atom stereocenters. The lowest BCUT2D eigenvalue weighted by molar-refractivity contribution is 0.0165. The lowest BCUT2D eigenvalue weighted by atomic mass is 10.1. The number of carbonyl (C=O) groups is 1. The van der Waals surface area contributed by atoms with Crippen molar-refractivity contribution in [2.45, 2.75) is 32.7 Å². The number of nitrogens with zero attached hydrogens (tertiary/aromatic N) is 5. The maximum absolute atomic E-state index is 14.2. The summed E-state index contributed by atoms with van der Waals surface area (Å²) in [7, 11) is 0. The van der Waals surface area contributed by atoms with Crippen molar-refractivity contribution in [1.82, 2.24) is 24.9 Å². The van der Waals surface area contributed by atoms with Crippen molar-refractivity contribution in [1.29, 1.82) is 0 Å². The predicted octanol–water partition coefficient (Wildman–Crippen LogP) is 4.50. The number of likely N-dealkylation sites (N-methyl/N-ethyl adjacent to an activating group) is 1. The van der Waals surface area contributed by atoms with Gasteiger partial charge in [0.05, 0.1) is 29.7 Å². The zero-order valence-electron chi connectivity index (χ0n) is 17.6. The van der Waals surface area contributed by atoms with E-state index in [0.717, 1.165) is 6.20 Å². The highest BCUT2D eigenvalue weighted by molar-refractivity contribution is 6.31. The largest absolute Gasteiger partial charge is 0.473 e. The second-order valence-electron chi connectivity index (χ2n) is 7.13. The van der Waals surface area contributed by atoms with Gasteiger partial charge >= 0.3 is 0 Å². The second-order valence-corrected chi connectivity index (χ2v) is 7.57. The van der Waals surface area contributed by atoms with Crippen LogP contribution in [-0.2, 0) is 5.92 Å². The number of alkyl halides is 2. The number of pyridine rings is 1. The van der Waals surface area contributed by atoms with Crippen LogP contribution in [0, 0.1) is 5.82 Å². The maximum atomic E-state index is 14.2. The predicted molar refractivity (Wildman–Crippen MR) is 112 cm³/mol. The molecule has 0 aliphatic heterocycles. The van der Waals surface area contributed by atoms with Crippen molar-refractivity contribution in [3.63, 3.8) is 0 Å². The summed E-state index contributed by atoms with van der Waals surface area (Å²) in [5, 5.41) is 8.53. The Hall–Kier alpha value is -3.14. The molecule has 0 aliphatic rings. The maximum Gasteiger partial charge on any atom is 0.272 e. The third-order valence-corrected chi connectivity index (χ3v) is 4.97. The van der Waals surface area contributed by atoms with Crippen molar-refractivity contribution in [3.05, 3.63) is 64.8 Å². The first-order valence-electron chi connectivity index (χ1n) is 9.75. The zero-order chi connectivity index (χ0) is 23.5. The van der Waals surface area contributed by atoms with Gasteiger partial charge < -0.3 is 9.64 Å². The molecule has 0 fully saturated rings. The van der Waals surface area contributed by atoms with Crippen LogP contribution in [0.4, 0.5) is 13.2 Å². The Bertz CT molecular complexity index is 1090. The van der Waals surface area contributed by atoms with E-state index >= 15 is 0 Å². The van der Waals surface area contributed by atoms with Crippen molar-refractivity contribution in [3.8, 4) is 11.6 Å². The summed E-state index contributed by atoms with van der Waals surface area (Å²) >= 11 is 6.08. The summed E-state index contributed by atoms with van der Waals surface area (Å²) in [4.78, 5) is 19.7. The number of halogens is 4. The van der Waals surface area contributed by atoms with Gasteiger partial charge in [0.1, 0.15) is 6.61 Å². The molecule has 3 aromatic rings. The van der Waals surface area contributed by atoms with Crippen LogP contribution in [0.3, 0.4) is 0 Å². The number of hydrogen-bond donors (Lipinski definition) is 0. The Morgan fingerprint density at radius 1 is 1.28 bits per heavy atom. The number of ether oxygens (including phenoxy) is 1. The molecule has 0 bridgehead atoms. The molecule has 170 valence electrons. The molecule has 0 aliphatic carbocycles. The van der Waals surface area contributed by atoms with Crippen LogP contribution >= 0.6 is 11.6 Å². The van der Waals surface area contributed by atoms with Crippen LogP contribution in [0.1, 0.15) is 36.7 Å². The van der Waals surface area contributed by atoms with Crippen LogP contribution in [0.5, 0.6) is 5.88 Å². The minimum absolute atomic E-state index is 0.103. The summed E-state index contributed by atoms with van der Waals surface area (Å²) in [6.07, 6.45) is 3.82. The van der Waals surface area contributed by atoms with Crippen LogP contribution in [0.2, 0.25) is 5.02 Å². The normalized spacial score (nSPS) is 12.5. The van der Waals surface area contributed by atoms with Crippen LogP contribution < -0.4 is 4.74 Å². The summed E-state index contributed by atoms with van der Waals surface area (Å²) in [5.74, 6) is -4.97. The number of amides is 1. The molecular weight excluding hydrogens is 447 g/mol. The molecule has 32 heavy (non-hydrogen) atoms. The fraction of sp³-hybridized carbons (Fsp3) is 0.333. The highest BCUT2D eigenvalue weighted by atomic mass is 35.5. The number of aromatic nitrogens is 4. The van der Waals surface area contributed by atoms with Crippen molar-refractivity contribution >= 4 is 17.5 Å². The molecule has 7 nitrogen and oxygen atoms in total. The summed E-state index contributed by atoms with van der Waals surface area (Å²) in [6.45, 7) is 4.38. The Morgan fingerprint density at radius 2 is 1.97 bits per heavy atom. The molecular formula is C21H21ClF3N5O2. The Kier molecular flexibility index (Phi) is 7.02. The minimum Gasteiger partial charge on any atom is -0.473 e. The summed E-state index contributed by atoms with van der Waals surface area (Å²) in [6, 6.07) is 4.93. The molecule has 0 saturated carbocycles. The van der Waals surface area contributed by atoms with Gasteiger partial charge in [0.15, 0.2) is 5.82 Å². The van der Waals surface area contributed by atoms with E-state index in [1.54, 1.807) is 32.0 Å². The van der Waals surface area contributed by atoms with Crippen LogP contribution in [-0.4, -0.2) is 50.0 Å². The SMILES string of the molecule is CCN(C(=O)c1ccc(Cl)cc1-n1nccn1)[C@@H](C)COc1ncc(C(C)(F)F)cc1F. The fourth-order valence-corrected chi connectivity index (χ4v) is 3.23. The number of carbonyl (C=O) groups excluding carboxylic acids is 1. The van der Waals surface area contributed by atoms with E-state index < -0.39 is 29.2 Å². The van der Waals surface area contributed by atoms with Crippen LogP contribution in [0.15, 0.2) is 42.9 Å². The third-order valence-electron chi connectivity index (χ3n) is 4.73. The van der Waals surface area contributed by atoms with Gasteiger partial charge in [-0.2, -0.15) is 15.0 Å². The van der Waals surface area contributed by atoms with Gasteiger partial charge in [-0.15, -0.1) is 0 Å². The highest BCUT2D eigenvalue weighted by Crippen LogP contribution is 2.29. The first-order chi connectivity index (χ1) is 15.1. The molecule has 0 unspecified atom stereocenters. The van der Waals surface area contributed by atoms with E-state index in [2.05, 4.69) is 15.2 Å². The molecule has 11 heteroatoms. The van der Waals surface area contributed by atoms with Crippen molar-refractivity contribution < 1.29 is 22.7 Å². The van der Waals surface area contributed by atoms with Gasteiger partial charge in [-0.25, -0.2) is 18.2 Å². The lowest BCUT2D eigenvalue weighted by Gasteiger charge is -2.28. The van der Waals surface area contributed by atoms with Crippen LogP contribution in [0.25, 0.3) is 5.69 Å². The Labute approximate surface area is 187 Å².